The Balaban J connectivity index is 1.37. The number of hydrogen-bond acceptors (Lipinski definition) is 3. The van der Waals surface area contributed by atoms with Gasteiger partial charge in [-0.2, -0.15) is 0 Å². The minimum Gasteiger partial charge on any atom is -0.463 e. The summed E-state index contributed by atoms with van der Waals surface area (Å²) in [4.78, 5) is 15.4. The monoisotopic (exact) mass is 494 g/mol. The largest absolute Gasteiger partial charge is 0.463 e. The SMILES string of the molecule is CC1(C)c2ccccc2N(CC(=O)NCc2ccccc2Cl)[C@@]12C=Cc1c(ccc3ccccc13)O2. The second kappa shape index (κ2) is 8.42. The van der Waals surface area contributed by atoms with E-state index in [0.29, 0.717) is 11.6 Å². The van der Waals surface area contributed by atoms with Gasteiger partial charge in [0.25, 0.3) is 0 Å². The van der Waals surface area contributed by atoms with E-state index in [4.69, 9.17) is 16.3 Å². The Kier molecular flexibility index (Phi) is 5.31. The van der Waals surface area contributed by atoms with E-state index in [1.165, 1.54) is 5.39 Å². The molecule has 0 unspecified atom stereocenters. The number of carbonyl (C=O) groups excluding carboxylic acids is 1. The Morgan fingerprint density at radius 2 is 1.69 bits per heavy atom. The van der Waals surface area contributed by atoms with Crippen LogP contribution in [0.3, 0.4) is 0 Å². The number of ether oxygens (including phenoxy) is 1. The summed E-state index contributed by atoms with van der Waals surface area (Å²) in [5.41, 5.74) is 2.84. The van der Waals surface area contributed by atoms with Crippen molar-refractivity contribution in [3.05, 3.63) is 113 Å². The van der Waals surface area contributed by atoms with Crippen LogP contribution in [0.15, 0.2) is 91.0 Å². The smallest absolute Gasteiger partial charge is 0.239 e. The lowest BCUT2D eigenvalue weighted by Gasteiger charge is -2.47. The molecule has 0 saturated heterocycles. The number of hydrogen-bond donors (Lipinski definition) is 1. The Hall–Kier alpha value is -3.76. The number of benzene rings is 4. The number of para-hydroxylation sites is 1. The molecule has 1 spiro atoms. The number of nitrogens with zero attached hydrogens (tertiary/aromatic N) is 1. The lowest BCUT2D eigenvalue weighted by Crippen LogP contribution is -2.61. The molecule has 2 heterocycles. The maximum atomic E-state index is 13.3. The van der Waals surface area contributed by atoms with Crippen LogP contribution in [0.4, 0.5) is 5.69 Å². The van der Waals surface area contributed by atoms with E-state index in [0.717, 1.165) is 33.5 Å². The van der Waals surface area contributed by atoms with E-state index in [-0.39, 0.29) is 12.5 Å². The molecule has 6 rings (SSSR count). The molecule has 36 heavy (non-hydrogen) atoms. The zero-order chi connectivity index (χ0) is 24.9. The molecule has 0 saturated carbocycles. The Morgan fingerprint density at radius 1 is 0.944 bits per heavy atom. The third kappa shape index (κ3) is 3.40. The van der Waals surface area contributed by atoms with Gasteiger partial charge in [0.05, 0.1) is 5.41 Å². The van der Waals surface area contributed by atoms with Crippen molar-refractivity contribution < 1.29 is 9.53 Å². The zero-order valence-electron chi connectivity index (χ0n) is 20.3. The summed E-state index contributed by atoms with van der Waals surface area (Å²) in [5.74, 6) is 0.724. The Bertz CT molecular complexity index is 1530. The lowest BCUT2D eigenvalue weighted by atomic mass is 9.76. The van der Waals surface area contributed by atoms with E-state index in [1.54, 1.807) is 0 Å². The van der Waals surface area contributed by atoms with Crippen LogP contribution >= 0.6 is 11.6 Å². The molecule has 180 valence electrons. The first-order valence-corrected chi connectivity index (χ1v) is 12.6. The number of fused-ring (bicyclic) bond motifs is 4. The molecular formula is C31H27ClN2O2. The van der Waals surface area contributed by atoms with Gasteiger partial charge in [-0.05, 0) is 66.1 Å². The number of rotatable bonds is 4. The van der Waals surface area contributed by atoms with Gasteiger partial charge >= 0.3 is 0 Å². The molecule has 2 aliphatic rings. The van der Waals surface area contributed by atoms with E-state index in [9.17, 15) is 4.79 Å². The van der Waals surface area contributed by atoms with Gasteiger partial charge in [-0.1, -0.05) is 78.3 Å². The zero-order valence-corrected chi connectivity index (χ0v) is 21.0. The van der Waals surface area contributed by atoms with Crippen molar-refractivity contribution in [3.8, 4) is 5.75 Å². The molecule has 1 amide bonds. The molecule has 4 aromatic carbocycles. The van der Waals surface area contributed by atoms with Gasteiger partial charge in [0.15, 0.2) is 0 Å². The summed E-state index contributed by atoms with van der Waals surface area (Å²) in [7, 11) is 0. The Labute approximate surface area is 216 Å². The lowest BCUT2D eigenvalue weighted by molar-refractivity contribution is -0.120. The van der Waals surface area contributed by atoms with Crippen molar-refractivity contribution >= 4 is 40.0 Å². The molecule has 1 atom stereocenters. The fourth-order valence-corrected chi connectivity index (χ4v) is 5.80. The summed E-state index contributed by atoms with van der Waals surface area (Å²) in [6.45, 7) is 4.89. The van der Waals surface area contributed by atoms with Crippen LogP contribution in [0.2, 0.25) is 5.02 Å². The van der Waals surface area contributed by atoms with E-state index in [2.05, 4.69) is 66.5 Å². The average Bonchev–Trinajstić information content (AvgIpc) is 3.06. The molecule has 0 aromatic heterocycles. The molecule has 5 heteroatoms. The number of nitrogens with one attached hydrogen (secondary N) is 1. The van der Waals surface area contributed by atoms with Crippen molar-refractivity contribution in [2.24, 2.45) is 0 Å². The van der Waals surface area contributed by atoms with Gasteiger partial charge in [0.1, 0.15) is 12.3 Å². The summed E-state index contributed by atoms with van der Waals surface area (Å²) in [6, 6.07) is 28.3. The fourth-order valence-electron chi connectivity index (χ4n) is 5.60. The number of amides is 1. The molecule has 4 aromatic rings. The second-order valence-corrected chi connectivity index (χ2v) is 10.3. The van der Waals surface area contributed by atoms with Gasteiger partial charge < -0.3 is 15.0 Å². The molecule has 0 radical (unpaired) electrons. The molecule has 4 nitrogen and oxygen atoms in total. The number of carbonyl (C=O) groups is 1. The summed E-state index contributed by atoms with van der Waals surface area (Å²) in [5, 5.41) is 6.01. The highest BCUT2D eigenvalue weighted by Gasteiger charge is 2.59. The van der Waals surface area contributed by atoms with Gasteiger partial charge in [0, 0.05) is 22.8 Å². The van der Waals surface area contributed by atoms with Crippen LogP contribution in [0.1, 0.15) is 30.5 Å². The molecule has 1 N–H and O–H groups in total. The minimum atomic E-state index is -0.853. The molecule has 2 aliphatic heterocycles. The maximum Gasteiger partial charge on any atom is 0.239 e. The molecule has 0 fully saturated rings. The quantitative estimate of drug-likeness (QED) is 0.343. The van der Waals surface area contributed by atoms with Gasteiger partial charge in [-0.15, -0.1) is 0 Å². The van der Waals surface area contributed by atoms with E-state index >= 15 is 0 Å². The first kappa shape index (κ1) is 22.7. The summed E-state index contributed by atoms with van der Waals surface area (Å²) < 4.78 is 6.92. The minimum absolute atomic E-state index is 0.0943. The van der Waals surface area contributed by atoms with Gasteiger partial charge in [-0.3, -0.25) is 4.79 Å². The topological polar surface area (TPSA) is 41.6 Å². The van der Waals surface area contributed by atoms with Crippen molar-refractivity contribution in [2.45, 2.75) is 31.5 Å². The number of halogens is 1. The Morgan fingerprint density at radius 3 is 2.56 bits per heavy atom. The van der Waals surface area contributed by atoms with Crippen molar-refractivity contribution in [2.75, 3.05) is 11.4 Å². The van der Waals surface area contributed by atoms with Crippen LogP contribution in [0.25, 0.3) is 16.8 Å². The van der Waals surface area contributed by atoms with Crippen LogP contribution in [0.5, 0.6) is 5.75 Å². The van der Waals surface area contributed by atoms with Crippen molar-refractivity contribution in [3.63, 3.8) is 0 Å². The van der Waals surface area contributed by atoms with Crippen LogP contribution in [-0.4, -0.2) is 18.2 Å². The molecule has 0 aliphatic carbocycles. The number of anilines is 1. The van der Waals surface area contributed by atoms with Crippen molar-refractivity contribution in [1.82, 2.24) is 5.32 Å². The van der Waals surface area contributed by atoms with Crippen molar-refractivity contribution in [1.29, 1.82) is 0 Å². The summed E-state index contributed by atoms with van der Waals surface area (Å²) >= 11 is 6.30. The van der Waals surface area contributed by atoms with Gasteiger partial charge in [0.2, 0.25) is 11.6 Å². The van der Waals surface area contributed by atoms with Crippen LogP contribution < -0.4 is 15.0 Å². The predicted molar refractivity (Wildman–Crippen MR) is 146 cm³/mol. The third-order valence-corrected chi connectivity index (χ3v) is 7.94. The first-order chi connectivity index (χ1) is 17.4. The summed E-state index contributed by atoms with van der Waals surface area (Å²) in [6.07, 6.45) is 4.28. The van der Waals surface area contributed by atoms with Crippen LogP contribution in [-0.2, 0) is 16.8 Å². The highest BCUT2D eigenvalue weighted by Crippen LogP contribution is 2.55. The maximum absolute atomic E-state index is 13.3. The second-order valence-electron chi connectivity index (χ2n) is 9.93. The third-order valence-electron chi connectivity index (χ3n) is 7.57. The van der Waals surface area contributed by atoms with Gasteiger partial charge in [-0.25, -0.2) is 0 Å². The normalized spacial score (nSPS) is 19.1. The van der Waals surface area contributed by atoms with E-state index < -0.39 is 11.1 Å². The molecule has 0 bridgehead atoms. The fraction of sp³-hybridized carbons (Fsp3) is 0.194. The van der Waals surface area contributed by atoms with Crippen LogP contribution in [0, 0.1) is 0 Å². The highest BCUT2D eigenvalue weighted by atomic mass is 35.5. The highest BCUT2D eigenvalue weighted by molar-refractivity contribution is 6.31. The first-order valence-electron chi connectivity index (χ1n) is 12.2. The standard InChI is InChI=1S/C31H27ClN2O2/c1-30(2)25-12-6-8-14-27(25)34(20-29(35)33-19-22-10-4-7-13-26(22)32)31(30)18-17-24-23-11-5-3-9-21(23)15-16-28(24)36-31/h3-18H,19-20H2,1-2H3,(H,33,35)/t31-/m1/s1. The predicted octanol–water partition coefficient (Wildman–Crippen LogP) is 6.71. The molecular weight excluding hydrogens is 468 g/mol. The van der Waals surface area contributed by atoms with E-state index in [1.807, 2.05) is 54.6 Å². The average molecular weight is 495 g/mol.